The summed E-state index contributed by atoms with van der Waals surface area (Å²) in [4.78, 5) is 0. The SMILES string of the molecule is O=S(Cl)CCCCCCCCF. The van der Waals surface area contributed by atoms with Crippen LogP contribution in [-0.4, -0.2) is 16.6 Å². The van der Waals surface area contributed by atoms with E-state index in [4.69, 9.17) is 10.7 Å². The molecule has 0 aliphatic carbocycles. The third-order valence-electron chi connectivity index (χ3n) is 1.69. The van der Waals surface area contributed by atoms with Gasteiger partial charge in [-0.05, 0) is 23.5 Å². The normalized spacial score (nSPS) is 13.2. The molecule has 0 fully saturated rings. The summed E-state index contributed by atoms with van der Waals surface area (Å²) in [5.74, 6) is 0.588. The molecular formula is C8H16ClFOS. The van der Waals surface area contributed by atoms with Gasteiger partial charge >= 0.3 is 0 Å². The van der Waals surface area contributed by atoms with Crippen molar-refractivity contribution in [1.29, 1.82) is 0 Å². The molecule has 0 saturated carbocycles. The zero-order valence-electron chi connectivity index (χ0n) is 7.23. The zero-order valence-corrected chi connectivity index (χ0v) is 8.80. The maximum Gasteiger partial charge on any atom is 0.114 e. The van der Waals surface area contributed by atoms with E-state index in [2.05, 4.69) is 0 Å². The van der Waals surface area contributed by atoms with Crippen LogP contribution in [0.1, 0.15) is 38.5 Å². The van der Waals surface area contributed by atoms with Gasteiger partial charge < -0.3 is 0 Å². The molecule has 0 aliphatic rings. The lowest BCUT2D eigenvalue weighted by atomic mass is 10.1. The molecule has 12 heavy (non-hydrogen) atoms. The van der Waals surface area contributed by atoms with Crippen molar-refractivity contribution in [3.63, 3.8) is 0 Å². The molecule has 1 unspecified atom stereocenters. The molecule has 0 amide bonds. The van der Waals surface area contributed by atoms with Crippen molar-refractivity contribution in [2.75, 3.05) is 12.4 Å². The van der Waals surface area contributed by atoms with Crippen LogP contribution < -0.4 is 0 Å². The maximum atomic E-state index is 11.6. The van der Waals surface area contributed by atoms with Crippen LogP contribution in [0.3, 0.4) is 0 Å². The Hall–Kier alpha value is 0.370. The van der Waals surface area contributed by atoms with Gasteiger partial charge in [0.15, 0.2) is 0 Å². The van der Waals surface area contributed by atoms with E-state index in [1.807, 2.05) is 0 Å². The lowest BCUT2D eigenvalue weighted by molar-refractivity contribution is 0.451. The van der Waals surface area contributed by atoms with E-state index in [-0.39, 0.29) is 6.67 Å². The van der Waals surface area contributed by atoms with Crippen molar-refractivity contribution in [3.8, 4) is 0 Å². The Morgan fingerprint density at radius 3 is 2.00 bits per heavy atom. The zero-order chi connectivity index (χ0) is 9.23. The summed E-state index contributed by atoms with van der Waals surface area (Å²) < 4.78 is 22.0. The molecule has 0 aliphatic heterocycles. The summed E-state index contributed by atoms with van der Waals surface area (Å²) in [5, 5.41) is 0. The van der Waals surface area contributed by atoms with Gasteiger partial charge in [-0.1, -0.05) is 25.7 Å². The van der Waals surface area contributed by atoms with Gasteiger partial charge in [-0.15, -0.1) is 0 Å². The molecule has 1 nitrogen and oxygen atoms in total. The van der Waals surface area contributed by atoms with Crippen molar-refractivity contribution < 1.29 is 8.60 Å². The quantitative estimate of drug-likeness (QED) is 0.448. The fraction of sp³-hybridized carbons (Fsp3) is 1.00. The summed E-state index contributed by atoms with van der Waals surface area (Å²) in [5.41, 5.74) is 0. The van der Waals surface area contributed by atoms with Gasteiger partial charge in [-0.2, -0.15) is 0 Å². The Balaban J connectivity index is 2.86. The van der Waals surface area contributed by atoms with Crippen LogP contribution in [0.15, 0.2) is 0 Å². The molecule has 0 heterocycles. The smallest absolute Gasteiger partial charge is 0.114 e. The number of rotatable bonds is 8. The Kier molecular flexibility index (Phi) is 9.75. The molecule has 0 radical (unpaired) electrons. The minimum Gasteiger partial charge on any atom is -0.251 e. The number of alkyl halides is 1. The highest BCUT2D eigenvalue weighted by Gasteiger charge is 1.94. The summed E-state index contributed by atoms with van der Waals surface area (Å²) in [6, 6.07) is 0. The second-order valence-electron chi connectivity index (χ2n) is 2.80. The number of unbranched alkanes of at least 4 members (excludes halogenated alkanes) is 5. The van der Waals surface area contributed by atoms with Crippen LogP contribution in [0.25, 0.3) is 0 Å². The number of hydrogen-bond donors (Lipinski definition) is 0. The highest BCUT2D eigenvalue weighted by Crippen LogP contribution is 2.06. The van der Waals surface area contributed by atoms with Crippen LogP contribution in [0, 0.1) is 0 Å². The van der Waals surface area contributed by atoms with Gasteiger partial charge in [-0.3, -0.25) is 4.39 Å². The summed E-state index contributed by atoms with van der Waals surface area (Å²) in [7, 11) is 4.10. The van der Waals surface area contributed by atoms with Gasteiger partial charge in [-0.25, -0.2) is 4.21 Å². The standard InChI is InChI=1S/C8H16ClFOS/c9-12(11)8-6-4-2-1-3-5-7-10/h1-8H2. The van der Waals surface area contributed by atoms with Crippen molar-refractivity contribution in [2.45, 2.75) is 38.5 Å². The van der Waals surface area contributed by atoms with Gasteiger partial charge in [0.05, 0.1) is 6.67 Å². The average molecular weight is 215 g/mol. The Labute approximate surface area is 80.6 Å². The third-order valence-corrected chi connectivity index (χ3v) is 2.76. The first kappa shape index (κ1) is 12.4. The van der Waals surface area contributed by atoms with E-state index in [9.17, 15) is 8.60 Å². The fourth-order valence-electron chi connectivity index (χ4n) is 1.02. The van der Waals surface area contributed by atoms with Crippen LogP contribution >= 0.6 is 10.7 Å². The van der Waals surface area contributed by atoms with Gasteiger partial charge in [0.2, 0.25) is 0 Å². The Morgan fingerprint density at radius 1 is 1.00 bits per heavy atom. The average Bonchev–Trinajstić information content (AvgIpc) is 2.02. The van der Waals surface area contributed by atoms with Crippen LogP contribution in [-0.2, 0) is 10.0 Å². The first-order chi connectivity index (χ1) is 5.77. The molecule has 0 spiro atoms. The minimum absolute atomic E-state index is 0.203. The van der Waals surface area contributed by atoms with E-state index in [1.165, 1.54) is 0 Å². The summed E-state index contributed by atoms with van der Waals surface area (Å²) in [6.45, 7) is -0.203. The Morgan fingerprint density at radius 2 is 1.50 bits per heavy atom. The van der Waals surface area contributed by atoms with Crippen molar-refractivity contribution >= 4 is 20.7 Å². The second kappa shape index (κ2) is 9.46. The molecule has 0 aromatic rings. The lowest BCUT2D eigenvalue weighted by Crippen LogP contribution is -1.89. The molecule has 0 rings (SSSR count). The lowest BCUT2D eigenvalue weighted by Gasteiger charge is -1.97. The highest BCUT2D eigenvalue weighted by atomic mass is 35.7. The third kappa shape index (κ3) is 10.4. The molecule has 0 aromatic heterocycles. The number of halogens is 2. The van der Waals surface area contributed by atoms with E-state index in [0.717, 1.165) is 32.1 Å². The molecule has 0 N–H and O–H groups in total. The predicted molar refractivity (Wildman–Crippen MR) is 52.5 cm³/mol. The number of hydrogen-bond acceptors (Lipinski definition) is 1. The van der Waals surface area contributed by atoms with Gasteiger partial charge in [0.25, 0.3) is 0 Å². The molecule has 0 bridgehead atoms. The van der Waals surface area contributed by atoms with E-state index < -0.39 is 10.0 Å². The van der Waals surface area contributed by atoms with E-state index in [1.54, 1.807) is 0 Å². The predicted octanol–water partition coefficient (Wildman–Crippen LogP) is 3.20. The topological polar surface area (TPSA) is 17.1 Å². The molecule has 74 valence electrons. The van der Waals surface area contributed by atoms with Crippen LogP contribution in [0.4, 0.5) is 4.39 Å². The van der Waals surface area contributed by atoms with E-state index in [0.29, 0.717) is 12.2 Å². The molecule has 0 saturated heterocycles. The second-order valence-corrected chi connectivity index (χ2v) is 4.83. The molecular weight excluding hydrogens is 199 g/mol. The van der Waals surface area contributed by atoms with Crippen LogP contribution in [0.2, 0.25) is 0 Å². The van der Waals surface area contributed by atoms with Crippen molar-refractivity contribution in [1.82, 2.24) is 0 Å². The molecule has 1 atom stereocenters. The van der Waals surface area contributed by atoms with Crippen molar-refractivity contribution in [2.24, 2.45) is 0 Å². The fourth-order valence-corrected chi connectivity index (χ4v) is 1.78. The van der Waals surface area contributed by atoms with E-state index >= 15 is 0 Å². The molecule has 4 heteroatoms. The summed E-state index contributed by atoms with van der Waals surface area (Å²) >= 11 is 0. The summed E-state index contributed by atoms with van der Waals surface area (Å²) in [6.07, 6.45) is 5.82. The van der Waals surface area contributed by atoms with Gasteiger partial charge in [0.1, 0.15) is 10.0 Å². The molecule has 0 aromatic carbocycles. The first-order valence-electron chi connectivity index (χ1n) is 4.38. The Bertz CT molecular complexity index is 122. The maximum absolute atomic E-state index is 11.6. The largest absolute Gasteiger partial charge is 0.251 e. The monoisotopic (exact) mass is 214 g/mol. The minimum atomic E-state index is -1.16. The van der Waals surface area contributed by atoms with Crippen molar-refractivity contribution in [3.05, 3.63) is 0 Å². The highest BCUT2D eigenvalue weighted by molar-refractivity contribution is 8.08. The first-order valence-corrected chi connectivity index (χ1v) is 6.52. The van der Waals surface area contributed by atoms with Crippen LogP contribution in [0.5, 0.6) is 0 Å². The van der Waals surface area contributed by atoms with Gasteiger partial charge in [0, 0.05) is 5.75 Å².